The number of amides is 2. The zero-order valence-corrected chi connectivity index (χ0v) is 17.9. The van der Waals surface area contributed by atoms with Gasteiger partial charge in [-0.05, 0) is 42.0 Å². The Morgan fingerprint density at radius 3 is 2.30 bits per heavy atom. The van der Waals surface area contributed by atoms with E-state index in [2.05, 4.69) is 0 Å². The molecule has 0 saturated heterocycles. The summed E-state index contributed by atoms with van der Waals surface area (Å²) in [5, 5.41) is 0.912. The monoisotopic (exact) mass is 438 g/mol. The van der Waals surface area contributed by atoms with Gasteiger partial charge in [0.15, 0.2) is 0 Å². The molecule has 1 aliphatic heterocycles. The predicted octanol–water partition coefficient (Wildman–Crippen LogP) is 5.82. The Labute approximate surface area is 185 Å². The Morgan fingerprint density at radius 1 is 0.933 bits per heavy atom. The largest absolute Gasteiger partial charge is 0.306 e. The first-order chi connectivity index (χ1) is 14.5. The van der Waals surface area contributed by atoms with Gasteiger partial charge in [0.2, 0.25) is 5.91 Å². The van der Waals surface area contributed by atoms with E-state index in [-0.39, 0.29) is 17.7 Å². The van der Waals surface area contributed by atoms with Crippen LogP contribution in [0.15, 0.2) is 72.8 Å². The van der Waals surface area contributed by atoms with E-state index in [1.54, 1.807) is 34.1 Å². The third-order valence-corrected chi connectivity index (χ3v) is 5.94. The lowest BCUT2D eigenvalue weighted by Gasteiger charge is -2.26. The van der Waals surface area contributed by atoms with Crippen LogP contribution in [0.1, 0.15) is 22.8 Å². The summed E-state index contributed by atoms with van der Waals surface area (Å²) in [6.45, 7) is 2.49. The molecule has 0 aromatic heterocycles. The molecule has 1 unspecified atom stereocenters. The first-order valence-corrected chi connectivity index (χ1v) is 10.4. The van der Waals surface area contributed by atoms with Crippen LogP contribution in [-0.2, 0) is 11.3 Å². The molecule has 0 aliphatic carbocycles. The molecule has 4 nitrogen and oxygen atoms in total. The molecule has 6 heteroatoms. The number of benzene rings is 3. The van der Waals surface area contributed by atoms with Gasteiger partial charge in [0.05, 0.1) is 33.9 Å². The van der Waals surface area contributed by atoms with Gasteiger partial charge in [0.25, 0.3) is 5.91 Å². The Kier molecular flexibility index (Phi) is 5.80. The Morgan fingerprint density at radius 2 is 1.60 bits per heavy atom. The summed E-state index contributed by atoms with van der Waals surface area (Å²) in [4.78, 5) is 30.0. The van der Waals surface area contributed by atoms with Gasteiger partial charge in [-0.1, -0.05) is 66.5 Å². The van der Waals surface area contributed by atoms with E-state index in [1.807, 2.05) is 55.5 Å². The molecule has 1 heterocycles. The maximum absolute atomic E-state index is 13.3. The molecule has 0 fully saturated rings. The number of halogens is 2. The van der Waals surface area contributed by atoms with E-state index >= 15 is 0 Å². The molecule has 1 aliphatic rings. The van der Waals surface area contributed by atoms with Crippen molar-refractivity contribution in [2.75, 3.05) is 16.3 Å². The third-order valence-electron chi connectivity index (χ3n) is 5.20. The maximum Gasteiger partial charge on any atom is 0.258 e. The zero-order chi connectivity index (χ0) is 21.3. The van der Waals surface area contributed by atoms with Crippen molar-refractivity contribution in [2.24, 2.45) is 5.92 Å². The second-order valence-corrected chi connectivity index (χ2v) is 8.16. The number of rotatable bonds is 3. The van der Waals surface area contributed by atoms with Gasteiger partial charge in [-0.3, -0.25) is 9.59 Å². The molecular formula is C24H20Cl2N2O2. The molecule has 2 amide bonds. The average Bonchev–Trinajstić information content (AvgIpc) is 2.87. The van der Waals surface area contributed by atoms with Crippen molar-refractivity contribution in [2.45, 2.75) is 13.5 Å². The maximum atomic E-state index is 13.3. The molecule has 1 atom stereocenters. The summed E-state index contributed by atoms with van der Waals surface area (Å²) in [6.07, 6.45) is 0. The fourth-order valence-electron chi connectivity index (χ4n) is 3.67. The summed E-state index contributed by atoms with van der Waals surface area (Å²) < 4.78 is 0. The van der Waals surface area contributed by atoms with Crippen LogP contribution in [-0.4, -0.2) is 18.4 Å². The van der Waals surface area contributed by atoms with Crippen LogP contribution in [0.2, 0.25) is 10.0 Å². The van der Waals surface area contributed by atoms with Gasteiger partial charge in [-0.25, -0.2) is 0 Å². The molecule has 0 saturated carbocycles. The molecule has 3 aromatic rings. The van der Waals surface area contributed by atoms with E-state index in [0.717, 1.165) is 5.56 Å². The van der Waals surface area contributed by atoms with Crippen molar-refractivity contribution in [1.82, 2.24) is 0 Å². The number of anilines is 2. The summed E-state index contributed by atoms with van der Waals surface area (Å²) in [5.74, 6) is -0.538. The second kappa shape index (κ2) is 8.50. The summed E-state index contributed by atoms with van der Waals surface area (Å²) in [5.41, 5.74) is 2.86. The molecule has 4 rings (SSSR count). The lowest BCUT2D eigenvalue weighted by atomic mass is 10.1. The van der Waals surface area contributed by atoms with Crippen LogP contribution in [0.4, 0.5) is 11.4 Å². The summed E-state index contributed by atoms with van der Waals surface area (Å²) in [7, 11) is 0. The minimum Gasteiger partial charge on any atom is -0.306 e. The standard InChI is InChI=1S/C24H20Cl2N2O2/c1-16-14-27(24(30)18-7-3-2-4-8-18)21-9-5-6-10-22(21)28(23(16)29)15-17-11-12-19(25)20(26)13-17/h2-13,16H,14-15H2,1H3. The number of carbonyl (C=O) groups is 2. The topological polar surface area (TPSA) is 40.6 Å². The zero-order valence-electron chi connectivity index (χ0n) is 16.4. The Hall–Kier alpha value is -2.82. The van der Waals surface area contributed by atoms with Crippen molar-refractivity contribution in [1.29, 1.82) is 0 Å². The number of hydrogen-bond acceptors (Lipinski definition) is 2. The Balaban J connectivity index is 1.76. The van der Waals surface area contributed by atoms with Crippen LogP contribution in [0.3, 0.4) is 0 Å². The first-order valence-electron chi connectivity index (χ1n) is 9.67. The predicted molar refractivity (Wildman–Crippen MR) is 121 cm³/mol. The fraction of sp³-hybridized carbons (Fsp3) is 0.167. The van der Waals surface area contributed by atoms with Gasteiger partial charge in [-0.15, -0.1) is 0 Å². The summed E-state index contributed by atoms with van der Waals surface area (Å²) >= 11 is 12.2. The highest BCUT2D eigenvalue weighted by atomic mass is 35.5. The summed E-state index contributed by atoms with van der Waals surface area (Å²) in [6, 6.07) is 22.0. The van der Waals surface area contributed by atoms with Crippen molar-refractivity contribution >= 4 is 46.4 Å². The minimum atomic E-state index is -0.368. The number of fused-ring (bicyclic) bond motifs is 1. The van der Waals surface area contributed by atoms with Gasteiger partial charge in [0, 0.05) is 12.1 Å². The average molecular weight is 439 g/mol. The molecule has 3 aromatic carbocycles. The molecule has 152 valence electrons. The van der Waals surface area contributed by atoms with Crippen molar-refractivity contribution in [3.63, 3.8) is 0 Å². The van der Waals surface area contributed by atoms with Crippen LogP contribution < -0.4 is 9.80 Å². The van der Waals surface area contributed by atoms with Crippen LogP contribution in [0.25, 0.3) is 0 Å². The highest BCUT2D eigenvalue weighted by molar-refractivity contribution is 6.42. The van der Waals surface area contributed by atoms with Gasteiger partial charge >= 0.3 is 0 Å². The molecule has 0 bridgehead atoms. The third kappa shape index (κ3) is 3.93. The van der Waals surface area contributed by atoms with Crippen molar-refractivity contribution in [3.8, 4) is 0 Å². The quantitative estimate of drug-likeness (QED) is 0.516. The van der Waals surface area contributed by atoms with E-state index in [9.17, 15) is 9.59 Å². The number of para-hydroxylation sites is 2. The van der Waals surface area contributed by atoms with Crippen molar-refractivity contribution in [3.05, 3.63) is 94.0 Å². The smallest absolute Gasteiger partial charge is 0.258 e. The number of nitrogens with zero attached hydrogens (tertiary/aromatic N) is 2. The molecule has 0 N–H and O–H groups in total. The fourth-order valence-corrected chi connectivity index (χ4v) is 3.99. The van der Waals surface area contributed by atoms with Gasteiger partial charge in [-0.2, -0.15) is 0 Å². The van der Waals surface area contributed by atoms with E-state index in [1.165, 1.54) is 0 Å². The lowest BCUT2D eigenvalue weighted by Crippen LogP contribution is -2.38. The minimum absolute atomic E-state index is 0.0446. The second-order valence-electron chi connectivity index (χ2n) is 7.34. The van der Waals surface area contributed by atoms with E-state index in [0.29, 0.717) is 40.1 Å². The van der Waals surface area contributed by atoms with Gasteiger partial charge in [0.1, 0.15) is 0 Å². The highest BCUT2D eigenvalue weighted by Gasteiger charge is 2.34. The first kappa shape index (κ1) is 20.5. The van der Waals surface area contributed by atoms with Gasteiger partial charge < -0.3 is 9.80 Å². The molecule has 30 heavy (non-hydrogen) atoms. The normalized spacial score (nSPS) is 16.2. The molecular weight excluding hydrogens is 419 g/mol. The number of carbonyl (C=O) groups excluding carboxylic acids is 2. The molecule has 0 radical (unpaired) electrons. The van der Waals surface area contributed by atoms with Crippen LogP contribution in [0.5, 0.6) is 0 Å². The number of hydrogen-bond donors (Lipinski definition) is 0. The van der Waals surface area contributed by atoms with Crippen LogP contribution in [0, 0.1) is 5.92 Å². The van der Waals surface area contributed by atoms with Crippen molar-refractivity contribution < 1.29 is 9.59 Å². The molecule has 0 spiro atoms. The lowest BCUT2D eigenvalue weighted by molar-refractivity contribution is -0.121. The van der Waals surface area contributed by atoms with E-state index in [4.69, 9.17) is 23.2 Å². The highest BCUT2D eigenvalue weighted by Crippen LogP contribution is 2.36. The van der Waals surface area contributed by atoms with E-state index < -0.39 is 0 Å². The SMILES string of the molecule is CC1CN(C(=O)c2ccccc2)c2ccccc2N(Cc2ccc(Cl)c(Cl)c2)C1=O. The Bertz CT molecular complexity index is 1100. The van der Waals surface area contributed by atoms with Crippen LogP contribution >= 0.6 is 23.2 Å².